The van der Waals surface area contributed by atoms with Gasteiger partial charge in [0.1, 0.15) is 17.7 Å². The van der Waals surface area contributed by atoms with Gasteiger partial charge in [0.2, 0.25) is 0 Å². The molecule has 0 radical (unpaired) electrons. The van der Waals surface area contributed by atoms with Gasteiger partial charge in [-0.3, -0.25) is 14.4 Å². The van der Waals surface area contributed by atoms with Crippen LogP contribution < -0.4 is 0 Å². The van der Waals surface area contributed by atoms with Gasteiger partial charge in [-0.2, -0.15) is 0 Å². The summed E-state index contributed by atoms with van der Waals surface area (Å²) in [5.41, 5.74) is -2.21. The summed E-state index contributed by atoms with van der Waals surface area (Å²) < 4.78 is 6.60. The Kier molecular flexibility index (Phi) is 5.54. The molecule has 0 aromatic rings. The zero-order chi connectivity index (χ0) is 26.8. The Morgan fingerprint density at radius 3 is 2.25 bits per heavy atom. The van der Waals surface area contributed by atoms with Gasteiger partial charge in [-0.05, 0) is 49.4 Å². The monoisotopic (exact) mass is 500 g/mol. The normalized spacial score (nSPS) is 50.4. The van der Waals surface area contributed by atoms with Crippen molar-refractivity contribution >= 4 is 17.3 Å². The third-order valence-corrected chi connectivity index (χ3v) is 12.1. The predicted molar refractivity (Wildman–Crippen MR) is 135 cm³/mol. The summed E-state index contributed by atoms with van der Waals surface area (Å²) in [5, 5.41) is 21.5. The molecular weight excluding hydrogens is 456 g/mol. The SMILES string of the molecule is C[C@H]1C(=O)C[C@@H](C(C)(C)O)O[C@H]2C[C@@]3(C)[C@@H]4CC=C5[C@@H](CC(=O)[C@H](O)C5(C)C)[C@]4(C)C(=O)C[C@]3(C)[C@H]21. The number of Topliss-reactive ketones (excluding diaryl/α,β-unsaturated/α-hetero) is 3. The van der Waals surface area contributed by atoms with Crippen LogP contribution in [0.1, 0.15) is 87.5 Å². The number of hydrogen-bond acceptors (Lipinski definition) is 6. The van der Waals surface area contributed by atoms with Crippen molar-refractivity contribution in [2.75, 3.05) is 0 Å². The van der Waals surface area contributed by atoms with E-state index in [1.165, 1.54) is 0 Å². The highest BCUT2D eigenvalue weighted by molar-refractivity contribution is 5.92. The molecule has 200 valence electrons. The molecule has 4 aliphatic carbocycles. The van der Waals surface area contributed by atoms with Crippen molar-refractivity contribution in [1.82, 2.24) is 0 Å². The minimum atomic E-state index is -1.14. The molecule has 1 saturated heterocycles. The highest BCUT2D eigenvalue weighted by Gasteiger charge is 2.73. The Hall–Kier alpha value is -1.37. The number of ketones is 3. The molecule has 5 rings (SSSR count). The smallest absolute Gasteiger partial charge is 0.162 e. The Bertz CT molecular complexity index is 1050. The molecule has 6 nitrogen and oxygen atoms in total. The maximum atomic E-state index is 14.3. The molecule has 1 aliphatic heterocycles. The average molecular weight is 501 g/mol. The second-order valence-electron chi connectivity index (χ2n) is 14.5. The first-order valence-corrected chi connectivity index (χ1v) is 13.8. The van der Waals surface area contributed by atoms with Gasteiger partial charge in [0.25, 0.3) is 0 Å². The number of aliphatic hydroxyl groups is 2. The largest absolute Gasteiger partial charge is 0.388 e. The van der Waals surface area contributed by atoms with Crippen LogP contribution >= 0.6 is 0 Å². The van der Waals surface area contributed by atoms with E-state index in [0.29, 0.717) is 12.8 Å². The molecule has 0 aromatic heterocycles. The lowest BCUT2D eigenvalue weighted by Gasteiger charge is -2.64. The molecule has 10 atom stereocenters. The summed E-state index contributed by atoms with van der Waals surface area (Å²) in [6.07, 6.45) is 2.54. The fourth-order valence-electron chi connectivity index (χ4n) is 9.62. The number of hydrogen-bond donors (Lipinski definition) is 2. The minimum Gasteiger partial charge on any atom is -0.388 e. The van der Waals surface area contributed by atoms with Crippen LogP contribution in [0.15, 0.2) is 11.6 Å². The first kappa shape index (κ1) is 26.2. The van der Waals surface area contributed by atoms with Crippen LogP contribution in [-0.4, -0.2) is 51.5 Å². The summed E-state index contributed by atoms with van der Waals surface area (Å²) in [5.74, 6) is -0.485. The van der Waals surface area contributed by atoms with Gasteiger partial charge in [-0.25, -0.2) is 0 Å². The van der Waals surface area contributed by atoms with Crippen LogP contribution in [0.2, 0.25) is 0 Å². The molecular formula is C30H44O6. The van der Waals surface area contributed by atoms with E-state index >= 15 is 0 Å². The van der Waals surface area contributed by atoms with E-state index in [4.69, 9.17) is 4.74 Å². The quantitative estimate of drug-likeness (QED) is 0.527. The summed E-state index contributed by atoms with van der Waals surface area (Å²) in [6.45, 7) is 15.7. The number of ether oxygens (including phenoxy) is 1. The van der Waals surface area contributed by atoms with E-state index < -0.39 is 34.1 Å². The highest BCUT2D eigenvalue weighted by Crippen LogP contribution is 2.74. The fourth-order valence-corrected chi connectivity index (χ4v) is 9.62. The topological polar surface area (TPSA) is 101 Å². The molecule has 6 heteroatoms. The zero-order valence-electron chi connectivity index (χ0n) is 23.2. The van der Waals surface area contributed by atoms with Crippen molar-refractivity contribution in [1.29, 1.82) is 0 Å². The minimum absolute atomic E-state index is 0.00209. The van der Waals surface area contributed by atoms with Crippen LogP contribution in [-0.2, 0) is 19.1 Å². The van der Waals surface area contributed by atoms with Gasteiger partial charge < -0.3 is 14.9 Å². The zero-order valence-corrected chi connectivity index (χ0v) is 23.2. The summed E-state index contributed by atoms with van der Waals surface area (Å²) >= 11 is 0. The maximum absolute atomic E-state index is 14.3. The maximum Gasteiger partial charge on any atom is 0.162 e. The summed E-state index contributed by atoms with van der Waals surface area (Å²) in [6, 6.07) is 0. The number of fused-ring (bicyclic) bond motifs is 7. The Morgan fingerprint density at radius 1 is 1.00 bits per heavy atom. The molecule has 2 N–H and O–H groups in total. The molecule has 5 aliphatic rings. The van der Waals surface area contributed by atoms with Gasteiger partial charge in [-0.1, -0.05) is 53.2 Å². The lowest BCUT2D eigenvalue weighted by molar-refractivity contribution is -0.173. The van der Waals surface area contributed by atoms with Crippen LogP contribution in [0.5, 0.6) is 0 Å². The number of carbonyl (C=O) groups excluding carboxylic acids is 3. The lowest BCUT2D eigenvalue weighted by Crippen LogP contribution is -2.64. The third-order valence-electron chi connectivity index (χ3n) is 12.1. The van der Waals surface area contributed by atoms with Crippen LogP contribution in [0.4, 0.5) is 0 Å². The fraction of sp³-hybridized carbons (Fsp3) is 0.833. The molecule has 4 fully saturated rings. The van der Waals surface area contributed by atoms with Crippen LogP contribution in [0.3, 0.4) is 0 Å². The molecule has 0 aromatic carbocycles. The highest BCUT2D eigenvalue weighted by atomic mass is 16.5. The van der Waals surface area contributed by atoms with Gasteiger partial charge >= 0.3 is 0 Å². The average Bonchev–Trinajstić information content (AvgIpc) is 2.88. The molecule has 0 spiro atoms. The van der Waals surface area contributed by atoms with Crippen molar-refractivity contribution in [3.8, 4) is 0 Å². The van der Waals surface area contributed by atoms with Crippen LogP contribution in [0.25, 0.3) is 0 Å². The Labute approximate surface area is 215 Å². The third kappa shape index (κ3) is 3.10. The molecule has 0 bridgehead atoms. The second-order valence-corrected chi connectivity index (χ2v) is 14.5. The first-order valence-electron chi connectivity index (χ1n) is 13.8. The van der Waals surface area contributed by atoms with Gasteiger partial charge in [0, 0.05) is 41.9 Å². The summed E-state index contributed by atoms with van der Waals surface area (Å²) in [7, 11) is 0. The van der Waals surface area contributed by atoms with Gasteiger partial charge in [0.05, 0.1) is 17.8 Å². The van der Waals surface area contributed by atoms with E-state index in [1.54, 1.807) is 13.8 Å². The number of allylic oxidation sites excluding steroid dienone is 1. The van der Waals surface area contributed by atoms with E-state index in [0.717, 1.165) is 12.0 Å². The van der Waals surface area contributed by atoms with Gasteiger partial charge in [-0.15, -0.1) is 0 Å². The van der Waals surface area contributed by atoms with Crippen LogP contribution in [0, 0.1) is 45.3 Å². The number of carbonyl (C=O) groups is 3. The van der Waals surface area contributed by atoms with Crippen molar-refractivity contribution in [2.45, 2.75) is 111 Å². The number of rotatable bonds is 1. The van der Waals surface area contributed by atoms with Crippen molar-refractivity contribution < 1.29 is 29.3 Å². The lowest BCUT2D eigenvalue weighted by atomic mass is 9.38. The van der Waals surface area contributed by atoms with E-state index in [1.807, 2.05) is 20.8 Å². The molecule has 36 heavy (non-hydrogen) atoms. The first-order chi connectivity index (χ1) is 16.4. The van der Waals surface area contributed by atoms with E-state index in [2.05, 4.69) is 26.8 Å². The van der Waals surface area contributed by atoms with E-state index in [-0.39, 0.29) is 65.4 Å². The summed E-state index contributed by atoms with van der Waals surface area (Å²) in [4.78, 5) is 40.6. The number of aliphatic hydroxyl groups excluding tert-OH is 1. The molecule has 0 amide bonds. The second kappa shape index (κ2) is 7.60. The van der Waals surface area contributed by atoms with Gasteiger partial charge in [0.15, 0.2) is 5.78 Å². The standard InChI is InChI=1S/C30H44O6/c1-15-18(31)12-23(27(4,5)35)36-20-13-28(6)21-10-9-16-17(11-19(32)25(34)26(16,2)3)30(21,8)22(33)14-29(28,7)24(15)20/h9,15,17,20-21,23-25,34-35H,10-14H2,1-8H3/t15-,17+,20-,21-,23-,24-,25-,28-,29+,30-/m0/s1. The molecule has 1 heterocycles. The Morgan fingerprint density at radius 2 is 1.64 bits per heavy atom. The molecule has 0 unspecified atom stereocenters. The molecule has 3 saturated carbocycles. The van der Waals surface area contributed by atoms with Crippen molar-refractivity contribution in [2.24, 2.45) is 45.3 Å². The van der Waals surface area contributed by atoms with Crippen molar-refractivity contribution in [3.05, 3.63) is 11.6 Å². The van der Waals surface area contributed by atoms with E-state index in [9.17, 15) is 24.6 Å². The predicted octanol–water partition coefficient (Wildman–Crippen LogP) is 4.05. The van der Waals surface area contributed by atoms with Crippen molar-refractivity contribution in [3.63, 3.8) is 0 Å². The Balaban J connectivity index is 1.62.